The molecule has 0 bridgehead atoms. The molecule has 1 aliphatic rings. The summed E-state index contributed by atoms with van der Waals surface area (Å²) in [6, 6.07) is 31.8. The molecular formula is C32H32N4O3S. The van der Waals surface area contributed by atoms with Crippen LogP contribution in [0, 0.1) is 0 Å². The Morgan fingerprint density at radius 2 is 1.50 bits per heavy atom. The topological polar surface area (TPSA) is 77.3 Å². The predicted octanol–water partition coefficient (Wildman–Crippen LogP) is 5.18. The molecule has 0 N–H and O–H groups in total. The van der Waals surface area contributed by atoms with Crippen molar-refractivity contribution in [3.05, 3.63) is 125 Å². The fourth-order valence-electron chi connectivity index (χ4n) is 5.52. The fraction of sp³-hybridized carbons (Fsp3) is 0.250. The lowest BCUT2D eigenvalue weighted by Gasteiger charge is -2.49. The molecule has 5 rings (SSSR count). The number of carbonyl (C=O) groups excluding carboxylic acids is 2. The Hall–Kier alpha value is -4.01. The monoisotopic (exact) mass is 552 g/mol. The van der Waals surface area contributed by atoms with Crippen LogP contribution in [0.1, 0.15) is 35.9 Å². The van der Waals surface area contributed by atoms with Gasteiger partial charge in [-0.1, -0.05) is 103 Å². The molecule has 7 nitrogen and oxygen atoms in total. The number of carbonyl (C=O) groups is 2. The van der Waals surface area contributed by atoms with Gasteiger partial charge in [0, 0.05) is 25.3 Å². The Kier molecular flexibility index (Phi) is 8.57. The van der Waals surface area contributed by atoms with Crippen molar-refractivity contribution in [2.24, 2.45) is 0 Å². The predicted molar refractivity (Wildman–Crippen MR) is 157 cm³/mol. The van der Waals surface area contributed by atoms with Gasteiger partial charge in [0.05, 0.1) is 12.6 Å². The highest BCUT2D eigenvalue weighted by atomic mass is 32.2. The van der Waals surface area contributed by atoms with Crippen molar-refractivity contribution in [3.63, 3.8) is 0 Å². The van der Waals surface area contributed by atoms with Gasteiger partial charge in [0.25, 0.3) is 0 Å². The van der Waals surface area contributed by atoms with Crippen LogP contribution >= 0.6 is 11.8 Å². The lowest BCUT2D eigenvalue weighted by atomic mass is 9.74. The van der Waals surface area contributed by atoms with Gasteiger partial charge in [0.1, 0.15) is 12.9 Å². The van der Waals surface area contributed by atoms with Gasteiger partial charge >= 0.3 is 5.97 Å². The Morgan fingerprint density at radius 3 is 2.00 bits per heavy atom. The number of nitrogens with zero attached hydrogens (tertiary/aromatic N) is 4. The third kappa shape index (κ3) is 5.78. The molecule has 1 saturated heterocycles. The minimum atomic E-state index is -0.563. The molecule has 40 heavy (non-hydrogen) atoms. The second-order valence-electron chi connectivity index (χ2n) is 9.71. The zero-order chi connectivity index (χ0) is 28.0. The highest BCUT2D eigenvalue weighted by Gasteiger charge is 2.44. The SMILES string of the molecule is COC(=O)Cn1cnc(/C=C2\CN(C(c3ccccc3)(c3ccccc3)c3ccccc3)CCC2SC(C)=O)n1. The summed E-state index contributed by atoms with van der Waals surface area (Å²) in [5, 5.41) is 4.56. The van der Waals surface area contributed by atoms with Crippen LogP contribution in [0.2, 0.25) is 0 Å². The van der Waals surface area contributed by atoms with E-state index in [1.165, 1.54) is 46.6 Å². The first kappa shape index (κ1) is 27.6. The molecule has 0 radical (unpaired) electrons. The maximum Gasteiger partial charge on any atom is 0.327 e. The first-order valence-corrected chi connectivity index (χ1v) is 14.1. The lowest BCUT2D eigenvalue weighted by Crippen LogP contribution is -2.52. The van der Waals surface area contributed by atoms with Crippen molar-refractivity contribution in [2.45, 2.75) is 30.7 Å². The second-order valence-corrected chi connectivity index (χ2v) is 11.1. The Labute approximate surface area is 238 Å². The molecular weight excluding hydrogens is 520 g/mol. The van der Waals surface area contributed by atoms with Crippen LogP contribution < -0.4 is 0 Å². The largest absolute Gasteiger partial charge is 0.468 e. The zero-order valence-corrected chi connectivity index (χ0v) is 23.5. The maximum absolute atomic E-state index is 12.2. The molecule has 1 atom stereocenters. The Balaban J connectivity index is 1.63. The Bertz CT molecular complexity index is 1380. The molecule has 0 amide bonds. The van der Waals surface area contributed by atoms with Crippen LogP contribution in [0.5, 0.6) is 0 Å². The van der Waals surface area contributed by atoms with Gasteiger partial charge in [-0.15, -0.1) is 0 Å². The number of ether oxygens (including phenoxy) is 1. The fourth-order valence-corrected chi connectivity index (χ4v) is 6.44. The van der Waals surface area contributed by atoms with E-state index in [0.717, 1.165) is 18.5 Å². The number of esters is 1. The van der Waals surface area contributed by atoms with Gasteiger partial charge in [0.2, 0.25) is 0 Å². The van der Waals surface area contributed by atoms with Crippen molar-refractivity contribution in [2.75, 3.05) is 20.2 Å². The van der Waals surface area contributed by atoms with Crippen LogP contribution in [0.4, 0.5) is 0 Å². The van der Waals surface area contributed by atoms with Crippen LogP contribution in [-0.2, 0) is 26.4 Å². The summed E-state index contributed by atoms with van der Waals surface area (Å²) in [5.74, 6) is 0.107. The van der Waals surface area contributed by atoms with E-state index in [1.54, 1.807) is 6.92 Å². The summed E-state index contributed by atoms with van der Waals surface area (Å²) in [7, 11) is 1.35. The summed E-state index contributed by atoms with van der Waals surface area (Å²) in [5.41, 5.74) is 4.01. The summed E-state index contributed by atoms with van der Waals surface area (Å²) in [6.45, 7) is 2.99. The van der Waals surface area contributed by atoms with E-state index < -0.39 is 11.5 Å². The molecule has 0 saturated carbocycles. The summed E-state index contributed by atoms with van der Waals surface area (Å²) < 4.78 is 6.23. The van der Waals surface area contributed by atoms with Gasteiger partial charge < -0.3 is 4.74 Å². The normalized spacial score (nSPS) is 17.1. The van der Waals surface area contributed by atoms with E-state index in [2.05, 4.69) is 87.8 Å². The van der Waals surface area contributed by atoms with E-state index >= 15 is 0 Å². The highest BCUT2D eigenvalue weighted by Crippen LogP contribution is 2.45. The van der Waals surface area contributed by atoms with Gasteiger partial charge in [-0.05, 0) is 34.8 Å². The number of hydrogen-bond acceptors (Lipinski definition) is 7. The number of piperidine rings is 1. The smallest absolute Gasteiger partial charge is 0.327 e. The quantitative estimate of drug-likeness (QED) is 0.220. The molecule has 2 heterocycles. The van der Waals surface area contributed by atoms with Gasteiger partial charge in [-0.25, -0.2) is 9.67 Å². The molecule has 1 aromatic heterocycles. The summed E-state index contributed by atoms with van der Waals surface area (Å²) in [4.78, 5) is 30.9. The molecule has 204 valence electrons. The second kappa shape index (κ2) is 12.4. The third-order valence-corrected chi connectivity index (χ3v) is 8.35. The van der Waals surface area contributed by atoms with Crippen molar-refractivity contribution in [1.29, 1.82) is 0 Å². The molecule has 0 spiro atoms. The average molecular weight is 553 g/mol. The van der Waals surface area contributed by atoms with Crippen LogP contribution in [0.3, 0.4) is 0 Å². The average Bonchev–Trinajstić information content (AvgIpc) is 3.42. The van der Waals surface area contributed by atoms with E-state index in [9.17, 15) is 9.59 Å². The number of thioether (sulfide) groups is 1. The number of methoxy groups -OCH3 is 1. The highest BCUT2D eigenvalue weighted by molar-refractivity contribution is 8.14. The minimum absolute atomic E-state index is 0.00123. The van der Waals surface area contributed by atoms with E-state index in [1.807, 2.05) is 24.3 Å². The zero-order valence-electron chi connectivity index (χ0n) is 22.6. The number of rotatable bonds is 8. The van der Waals surface area contributed by atoms with Crippen LogP contribution in [0.25, 0.3) is 6.08 Å². The molecule has 4 aromatic rings. The van der Waals surface area contributed by atoms with E-state index in [0.29, 0.717) is 12.4 Å². The summed E-state index contributed by atoms with van der Waals surface area (Å²) in [6.07, 6.45) is 4.28. The van der Waals surface area contributed by atoms with Crippen LogP contribution in [0.15, 0.2) is 103 Å². The van der Waals surface area contributed by atoms with Gasteiger partial charge in [0.15, 0.2) is 10.9 Å². The number of hydrogen-bond donors (Lipinski definition) is 0. The number of likely N-dealkylation sites (tertiary alicyclic amines) is 1. The molecule has 1 aliphatic heterocycles. The first-order chi connectivity index (χ1) is 19.5. The van der Waals surface area contributed by atoms with Crippen molar-refractivity contribution >= 4 is 28.9 Å². The molecule has 1 fully saturated rings. The van der Waals surface area contributed by atoms with Gasteiger partial charge in [-0.3, -0.25) is 14.5 Å². The molecule has 3 aromatic carbocycles. The van der Waals surface area contributed by atoms with E-state index in [-0.39, 0.29) is 16.9 Å². The van der Waals surface area contributed by atoms with Crippen molar-refractivity contribution in [1.82, 2.24) is 19.7 Å². The number of aromatic nitrogens is 3. The molecule has 1 unspecified atom stereocenters. The minimum Gasteiger partial charge on any atom is -0.468 e. The Morgan fingerprint density at radius 1 is 0.950 bits per heavy atom. The lowest BCUT2D eigenvalue weighted by molar-refractivity contribution is -0.141. The first-order valence-electron chi connectivity index (χ1n) is 13.3. The van der Waals surface area contributed by atoms with Gasteiger partial charge in [-0.2, -0.15) is 5.10 Å². The maximum atomic E-state index is 12.2. The standard InChI is InChI=1S/C32H32N4O3S/c1-24(37)40-29-18-19-35(21-25(29)20-30-33-23-36(34-30)22-31(38)39-2)32(26-12-6-3-7-13-26,27-14-8-4-9-15-27)28-16-10-5-11-17-28/h3-17,20,23,29H,18-19,21-22H2,1-2H3/b25-20+. The van der Waals surface area contributed by atoms with Crippen molar-refractivity contribution in [3.8, 4) is 0 Å². The molecule has 0 aliphatic carbocycles. The van der Waals surface area contributed by atoms with Crippen LogP contribution in [-0.4, -0.2) is 56.2 Å². The van der Waals surface area contributed by atoms with Crippen molar-refractivity contribution < 1.29 is 14.3 Å². The number of benzene rings is 3. The summed E-state index contributed by atoms with van der Waals surface area (Å²) >= 11 is 1.35. The molecule has 8 heteroatoms. The third-order valence-electron chi connectivity index (χ3n) is 7.19. The van der Waals surface area contributed by atoms with E-state index in [4.69, 9.17) is 4.74 Å².